The molecule has 2 amide bonds. The largest absolute Gasteiger partial charge is 0.508 e. The highest BCUT2D eigenvalue weighted by molar-refractivity contribution is 6.11. The molecule has 2 aliphatic heterocycles. The summed E-state index contributed by atoms with van der Waals surface area (Å²) in [5.74, 6) is 2.09. The van der Waals surface area contributed by atoms with Gasteiger partial charge in [0.1, 0.15) is 34.5 Å². The molecule has 2 heterocycles. The molecule has 0 radical (unpaired) electrons. The highest BCUT2D eigenvalue weighted by Gasteiger charge is 2.37. The van der Waals surface area contributed by atoms with Crippen molar-refractivity contribution in [1.82, 2.24) is 0 Å². The number of rotatable bonds is 8. The first-order chi connectivity index (χ1) is 25.5. The van der Waals surface area contributed by atoms with Crippen LogP contribution in [0.3, 0.4) is 0 Å². The molecular formula is C44H36N2O7. The molecule has 9 nitrogen and oxygen atoms in total. The van der Waals surface area contributed by atoms with Gasteiger partial charge in [-0.25, -0.2) is 0 Å². The monoisotopic (exact) mass is 704 g/mol. The summed E-state index contributed by atoms with van der Waals surface area (Å²) in [5.41, 5.74) is 5.35. The Balaban J connectivity index is 0.932. The molecule has 6 aromatic rings. The lowest BCUT2D eigenvalue weighted by atomic mass is 9.78. The molecule has 9 heteroatoms. The van der Waals surface area contributed by atoms with Crippen LogP contribution in [0.5, 0.6) is 34.5 Å². The van der Waals surface area contributed by atoms with E-state index >= 15 is 0 Å². The summed E-state index contributed by atoms with van der Waals surface area (Å²) >= 11 is 0. The molecule has 0 aromatic heterocycles. The second kappa shape index (κ2) is 12.9. The SMILES string of the molecule is CC1c2ccc(Oc3ccc(C(C)(C)c4ccc(Oc5ccc6c(c5)C(O)N(c5ccc(O)cc5)C6=O)cc4)cc3)cc2C(=O)N1c1ccc(O)cc1. The predicted octanol–water partition coefficient (Wildman–Crippen LogP) is 9.38. The van der Waals surface area contributed by atoms with E-state index < -0.39 is 6.23 Å². The minimum atomic E-state index is -1.18. The van der Waals surface area contributed by atoms with Gasteiger partial charge in [0, 0.05) is 33.5 Å². The van der Waals surface area contributed by atoms with Crippen molar-refractivity contribution in [3.8, 4) is 34.5 Å². The average Bonchev–Trinajstić information content (AvgIpc) is 3.55. The lowest BCUT2D eigenvalue weighted by molar-refractivity contribution is 0.0934. The number of aliphatic hydroxyl groups excluding tert-OH is 1. The van der Waals surface area contributed by atoms with Gasteiger partial charge in [0.2, 0.25) is 0 Å². The van der Waals surface area contributed by atoms with Crippen molar-refractivity contribution in [3.63, 3.8) is 0 Å². The number of ether oxygens (including phenoxy) is 2. The summed E-state index contributed by atoms with van der Waals surface area (Å²) in [5, 5.41) is 30.3. The molecule has 3 N–H and O–H groups in total. The summed E-state index contributed by atoms with van der Waals surface area (Å²) in [7, 11) is 0. The van der Waals surface area contributed by atoms with Gasteiger partial charge in [-0.1, -0.05) is 44.2 Å². The molecule has 2 atom stereocenters. The Labute approximate surface area is 306 Å². The van der Waals surface area contributed by atoms with Crippen LogP contribution < -0.4 is 19.3 Å². The zero-order chi connectivity index (χ0) is 37.0. The Morgan fingerprint density at radius 1 is 0.528 bits per heavy atom. The lowest BCUT2D eigenvalue weighted by Crippen LogP contribution is -2.27. The highest BCUT2D eigenvalue weighted by atomic mass is 16.5. The summed E-state index contributed by atoms with van der Waals surface area (Å²) < 4.78 is 12.3. The van der Waals surface area contributed by atoms with Crippen molar-refractivity contribution in [3.05, 3.63) is 167 Å². The first-order valence-corrected chi connectivity index (χ1v) is 17.3. The Bertz CT molecular complexity index is 2350. The normalized spacial score (nSPS) is 16.5. The molecule has 8 rings (SSSR count). The smallest absolute Gasteiger partial charge is 0.261 e. The van der Waals surface area contributed by atoms with Crippen LogP contribution in [0, 0.1) is 0 Å². The van der Waals surface area contributed by atoms with E-state index in [1.54, 1.807) is 65.6 Å². The van der Waals surface area contributed by atoms with Crippen LogP contribution in [-0.2, 0) is 5.41 Å². The molecule has 0 saturated carbocycles. The summed E-state index contributed by atoms with van der Waals surface area (Å²) in [6, 6.07) is 38.9. The van der Waals surface area contributed by atoms with Crippen LogP contribution in [-0.4, -0.2) is 27.1 Å². The second-order valence-corrected chi connectivity index (χ2v) is 13.8. The third-order valence-electron chi connectivity index (χ3n) is 10.2. The Kier molecular flexibility index (Phi) is 8.15. The Hall–Kier alpha value is -6.58. The van der Waals surface area contributed by atoms with Crippen molar-refractivity contribution >= 4 is 23.2 Å². The van der Waals surface area contributed by atoms with E-state index in [-0.39, 0.29) is 34.8 Å². The average molecular weight is 705 g/mol. The number of carbonyl (C=O) groups is 2. The van der Waals surface area contributed by atoms with E-state index in [1.165, 1.54) is 17.0 Å². The summed E-state index contributed by atoms with van der Waals surface area (Å²) in [6.45, 7) is 6.27. The number of phenols is 2. The van der Waals surface area contributed by atoms with Gasteiger partial charge in [-0.2, -0.15) is 0 Å². The van der Waals surface area contributed by atoms with Crippen molar-refractivity contribution in [1.29, 1.82) is 0 Å². The number of hydrogen-bond acceptors (Lipinski definition) is 7. The van der Waals surface area contributed by atoms with E-state index in [4.69, 9.17) is 9.47 Å². The number of amides is 2. The molecule has 6 aromatic carbocycles. The van der Waals surface area contributed by atoms with Crippen LogP contribution in [0.4, 0.5) is 11.4 Å². The maximum Gasteiger partial charge on any atom is 0.261 e. The molecule has 53 heavy (non-hydrogen) atoms. The van der Waals surface area contributed by atoms with Crippen LogP contribution in [0.2, 0.25) is 0 Å². The number of aromatic hydroxyl groups is 2. The van der Waals surface area contributed by atoms with E-state index in [0.717, 1.165) is 22.4 Å². The molecule has 2 aliphatic rings. The Morgan fingerprint density at radius 2 is 0.981 bits per heavy atom. The number of phenolic OH excluding ortho intramolecular Hbond substituents is 2. The highest BCUT2D eigenvalue weighted by Crippen LogP contribution is 2.42. The van der Waals surface area contributed by atoms with Gasteiger partial charge in [0.05, 0.1) is 6.04 Å². The van der Waals surface area contributed by atoms with Gasteiger partial charge in [0.25, 0.3) is 11.8 Å². The number of aliphatic hydroxyl groups is 1. The van der Waals surface area contributed by atoms with Crippen LogP contribution >= 0.6 is 0 Å². The molecule has 0 bridgehead atoms. The number of hydrogen-bond donors (Lipinski definition) is 3. The fraction of sp³-hybridized carbons (Fsp3) is 0.136. The first kappa shape index (κ1) is 33.6. The number of fused-ring (bicyclic) bond motifs is 2. The Morgan fingerprint density at radius 3 is 1.53 bits per heavy atom. The minimum Gasteiger partial charge on any atom is -0.508 e. The number of carbonyl (C=O) groups excluding carboxylic acids is 2. The predicted molar refractivity (Wildman–Crippen MR) is 201 cm³/mol. The van der Waals surface area contributed by atoms with E-state index in [9.17, 15) is 24.9 Å². The molecule has 264 valence electrons. The van der Waals surface area contributed by atoms with Gasteiger partial charge in [-0.05, 0) is 127 Å². The van der Waals surface area contributed by atoms with Gasteiger partial charge < -0.3 is 29.7 Å². The zero-order valence-corrected chi connectivity index (χ0v) is 29.2. The van der Waals surface area contributed by atoms with Gasteiger partial charge in [-0.15, -0.1) is 0 Å². The fourth-order valence-electron chi connectivity index (χ4n) is 7.13. The lowest BCUT2D eigenvalue weighted by Gasteiger charge is -2.26. The maximum absolute atomic E-state index is 13.4. The summed E-state index contributed by atoms with van der Waals surface area (Å²) in [6.07, 6.45) is -1.18. The molecule has 0 fully saturated rings. The van der Waals surface area contributed by atoms with Crippen LogP contribution in [0.25, 0.3) is 0 Å². The van der Waals surface area contributed by atoms with Gasteiger partial charge >= 0.3 is 0 Å². The van der Waals surface area contributed by atoms with Crippen LogP contribution in [0.15, 0.2) is 133 Å². The number of nitrogens with zero attached hydrogens (tertiary/aromatic N) is 2. The molecule has 0 spiro atoms. The third kappa shape index (κ3) is 6.00. The minimum absolute atomic E-state index is 0.0725. The van der Waals surface area contributed by atoms with E-state index in [1.807, 2.05) is 67.6 Å². The molecule has 0 saturated heterocycles. The number of anilines is 2. The number of benzene rings is 6. The van der Waals surface area contributed by atoms with Gasteiger partial charge in [-0.3, -0.25) is 14.5 Å². The topological polar surface area (TPSA) is 120 Å². The van der Waals surface area contributed by atoms with E-state index in [2.05, 4.69) is 13.8 Å². The van der Waals surface area contributed by atoms with Crippen LogP contribution in [0.1, 0.15) is 76.0 Å². The quantitative estimate of drug-likeness (QED) is 0.144. The zero-order valence-electron chi connectivity index (χ0n) is 29.2. The van der Waals surface area contributed by atoms with Crippen molar-refractivity contribution < 1.29 is 34.4 Å². The van der Waals surface area contributed by atoms with Crippen molar-refractivity contribution in [2.24, 2.45) is 0 Å². The third-order valence-corrected chi connectivity index (χ3v) is 10.2. The van der Waals surface area contributed by atoms with E-state index in [0.29, 0.717) is 45.4 Å². The second-order valence-electron chi connectivity index (χ2n) is 13.8. The molecule has 0 aliphatic carbocycles. The molecule has 2 unspecified atom stereocenters. The summed E-state index contributed by atoms with van der Waals surface area (Å²) in [4.78, 5) is 29.5. The maximum atomic E-state index is 13.4. The van der Waals surface area contributed by atoms with Gasteiger partial charge in [0.15, 0.2) is 6.23 Å². The molecular weight excluding hydrogens is 668 g/mol. The first-order valence-electron chi connectivity index (χ1n) is 17.3. The standard InChI is InChI=1S/C44H36N2O7/c1-26-37-22-20-35(24-39(37)42(50)45(26)29-8-12-31(47)13-9-29)52-33-16-4-27(5-17-33)44(2,3)28-6-18-34(19-7-28)53-36-21-23-38-40(25-36)43(51)46(41(38)49)30-10-14-32(48)15-11-30/h4-26,43,47-48,51H,1-3H3. The van der Waals surface area contributed by atoms with Crippen molar-refractivity contribution in [2.75, 3.05) is 9.80 Å². The fourth-order valence-corrected chi connectivity index (χ4v) is 7.13. The van der Waals surface area contributed by atoms with Crippen molar-refractivity contribution in [2.45, 2.75) is 38.5 Å².